The Morgan fingerprint density at radius 1 is 0.576 bits per heavy atom. The van der Waals surface area contributed by atoms with E-state index in [9.17, 15) is 0 Å². The van der Waals surface area contributed by atoms with Crippen molar-refractivity contribution in [1.82, 2.24) is 15.0 Å². The summed E-state index contributed by atoms with van der Waals surface area (Å²) in [7, 11) is 0. The second-order valence-electron chi connectivity index (χ2n) is 7.39. The quantitative estimate of drug-likeness (QED) is 0.275. The fraction of sp³-hybridized carbons (Fsp3) is 0. The Labute approximate surface area is 206 Å². The van der Waals surface area contributed by atoms with E-state index in [1.54, 1.807) is 12.1 Å². The molecule has 6 aromatic rings. The van der Waals surface area contributed by atoms with Crippen molar-refractivity contribution >= 4 is 33.1 Å². The number of nitrogens with zero attached hydrogens (tertiary/aromatic N) is 3. The normalized spacial score (nSPS) is 14.2. The van der Waals surface area contributed by atoms with Crippen molar-refractivity contribution in [2.75, 3.05) is 0 Å². The zero-order valence-electron chi connectivity index (χ0n) is 24.1. The summed E-state index contributed by atoms with van der Waals surface area (Å²) in [4.78, 5) is 13.2. The number of halogens is 1. The van der Waals surface area contributed by atoms with Gasteiger partial charge in [0, 0.05) is 11.1 Å². The van der Waals surface area contributed by atoms with Crippen LogP contribution in [0, 0.1) is 0 Å². The number of benzene rings is 5. The van der Waals surface area contributed by atoms with Gasteiger partial charge in [0.05, 0.1) is 9.60 Å². The topological polar surface area (TPSA) is 38.7 Å². The first-order valence-corrected chi connectivity index (χ1v) is 10.5. The van der Waals surface area contributed by atoms with Gasteiger partial charge in [0.25, 0.3) is 0 Å². The third-order valence-corrected chi connectivity index (χ3v) is 5.51. The summed E-state index contributed by atoms with van der Waals surface area (Å²) in [5.41, 5.74) is 2.21. The molecule has 1 heterocycles. The fourth-order valence-corrected chi connectivity index (χ4v) is 3.92. The second kappa shape index (κ2) is 8.12. The number of aromatic nitrogens is 3. The second-order valence-corrected chi connectivity index (χ2v) is 7.73. The van der Waals surface area contributed by atoms with E-state index >= 15 is 0 Å². The van der Waals surface area contributed by atoms with Gasteiger partial charge in [0.15, 0.2) is 11.6 Å². The Hall–Kier alpha value is -4.08. The van der Waals surface area contributed by atoms with Gasteiger partial charge in [-0.05, 0) is 56.4 Å². The number of hydrogen-bond acceptors (Lipinski definition) is 3. The zero-order chi connectivity index (χ0) is 28.3. The standard InChI is InChI=1S/C29H18ClN3/c30-29-32-27(20-8-2-1-3-9-20)31-28(33-29)24-16-14-21-17-23(15-13-22(21)18-24)26-12-6-10-19-7-4-5-11-25(19)26/h1-18H/i4D,5D,6D,7D,10D,11D,12D. The number of hydrogen-bond donors (Lipinski definition) is 0. The summed E-state index contributed by atoms with van der Waals surface area (Å²) in [6, 6.07) is 17.7. The maximum atomic E-state index is 8.62. The summed E-state index contributed by atoms with van der Waals surface area (Å²) in [5.74, 6) is 0.861. The molecule has 156 valence electrons. The van der Waals surface area contributed by atoms with Crippen LogP contribution < -0.4 is 0 Å². The molecular formula is C29H18ClN3. The Balaban J connectivity index is 1.52. The van der Waals surface area contributed by atoms with Crippen LogP contribution in [0.4, 0.5) is 0 Å². The van der Waals surface area contributed by atoms with E-state index in [1.165, 1.54) is 0 Å². The van der Waals surface area contributed by atoms with E-state index in [0.717, 1.165) is 21.9 Å². The Morgan fingerprint density at radius 3 is 2.06 bits per heavy atom. The lowest BCUT2D eigenvalue weighted by Crippen LogP contribution is -1.97. The molecule has 0 radical (unpaired) electrons. The van der Waals surface area contributed by atoms with Crippen LogP contribution in [0.25, 0.3) is 55.4 Å². The van der Waals surface area contributed by atoms with Crippen LogP contribution in [0.5, 0.6) is 0 Å². The molecule has 0 unspecified atom stereocenters. The molecule has 0 saturated carbocycles. The van der Waals surface area contributed by atoms with Gasteiger partial charge < -0.3 is 0 Å². The van der Waals surface area contributed by atoms with E-state index in [2.05, 4.69) is 15.0 Å². The fourth-order valence-electron chi connectivity index (χ4n) is 3.76. The molecular weight excluding hydrogens is 426 g/mol. The van der Waals surface area contributed by atoms with E-state index in [-0.39, 0.29) is 33.7 Å². The average Bonchev–Trinajstić information content (AvgIpc) is 2.97. The van der Waals surface area contributed by atoms with Gasteiger partial charge in [-0.2, -0.15) is 9.97 Å². The predicted octanol–water partition coefficient (Wildman–Crippen LogP) is 7.83. The van der Waals surface area contributed by atoms with Crippen molar-refractivity contribution in [3.63, 3.8) is 0 Å². The lowest BCUT2D eigenvalue weighted by Gasteiger charge is -2.09. The molecule has 33 heavy (non-hydrogen) atoms. The average molecular weight is 451 g/mol. The molecule has 0 aliphatic heterocycles. The van der Waals surface area contributed by atoms with E-state index in [1.807, 2.05) is 54.6 Å². The molecule has 0 fully saturated rings. The molecule has 1 aromatic heterocycles. The van der Waals surface area contributed by atoms with Gasteiger partial charge in [-0.1, -0.05) is 96.9 Å². The van der Waals surface area contributed by atoms with Crippen LogP contribution in [-0.2, 0) is 0 Å². The summed E-state index contributed by atoms with van der Waals surface area (Å²) >= 11 is 6.23. The van der Waals surface area contributed by atoms with Crippen LogP contribution >= 0.6 is 11.6 Å². The first kappa shape index (κ1) is 13.5. The van der Waals surface area contributed by atoms with Crippen molar-refractivity contribution in [2.45, 2.75) is 0 Å². The SMILES string of the molecule is [2H]c1c([2H])c([2H])c2c(-c3ccc4cc(-c5nc(Cl)nc(-c6ccccc6)n5)ccc4c3)c([2H])c([2H])c([2H])c2c1[2H]. The number of rotatable bonds is 3. The molecule has 0 bridgehead atoms. The van der Waals surface area contributed by atoms with Crippen molar-refractivity contribution in [3.8, 4) is 33.9 Å². The minimum absolute atomic E-state index is 0.0567. The van der Waals surface area contributed by atoms with Crippen LogP contribution in [-0.4, -0.2) is 15.0 Å². The Bertz CT molecular complexity index is 1990. The van der Waals surface area contributed by atoms with E-state index < -0.39 is 30.2 Å². The molecule has 4 heteroatoms. The van der Waals surface area contributed by atoms with Gasteiger partial charge in [-0.15, -0.1) is 0 Å². The molecule has 0 spiro atoms. The van der Waals surface area contributed by atoms with Gasteiger partial charge >= 0.3 is 0 Å². The van der Waals surface area contributed by atoms with E-state index in [0.29, 0.717) is 17.2 Å². The first-order chi connectivity index (χ1) is 19.2. The smallest absolute Gasteiger partial charge is 0.208 e. The van der Waals surface area contributed by atoms with Gasteiger partial charge in [-0.25, -0.2) is 4.98 Å². The van der Waals surface area contributed by atoms with Crippen molar-refractivity contribution in [2.24, 2.45) is 0 Å². The Morgan fingerprint density at radius 2 is 1.24 bits per heavy atom. The monoisotopic (exact) mass is 450 g/mol. The molecule has 3 nitrogen and oxygen atoms in total. The maximum absolute atomic E-state index is 8.62. The molecule has 0 N–H and O–H groups in total. The van der Waals surface area contributed by atoms with Gasteiger partial charge in [-0.3, -0.25) is 0 Å². The lowest BCUT2D eigenvalue weighted by molar-refractivity contribution is 1.07. The maximum Gasteiger partial charge on any atom is 0.226 e. The van der Waals surface area contributed by atoms with Gasteiger partial charge in [0.1, 0.15) is 0 Å². The highest BCUT2D eigenvalue weighted by Crippen LogP contribution is 2.32. The molecule has 0 amide bonds. The highest BCUT2D eigenvalue weighted by atomic mass is 35.5. The molecule has 0 atom stereocenters. The third-order valence-electron chi connectivity index (χ3n) is 5.34. The summed E-state index contributed by atoms with van der Waals surface area (Å²) in [6.07, 6.45) is 0. The molecule has 0 aliphatic carbocycles. The minimum atomic E-state index is -0.478. The summed E-state index contributed by atoms with van der Waals surface area (Å²) in [5, 5.41) is 1.68. The predicted molar refractivity (Wildman–Crippen MR) is 136 cm³/mol. The number of fused-ring (bicyclic) bond motifs is 2. The molecule has 0 saturated heterocycles. The Kier molecular flexibility index (Phi) is 3.31. The minimum Gasteiger partial charge on any atom is -0.208 e. The van der Waals surface area contributed by atoms with Gasteiger partial charge in [0.2, 0.25) is 5.28 Å². The largest absolute Gasteiger partial charge is 0.226 e. The summed E-state index contributed by atoms with van der Waals surface area (Å²) in [6.45, 7) is 0. The zero-order valence-corrected chi connectivity index (χ0v) is 17.8. The molecule has 5 aromatic carbocycles. The van der Waals surface area contributed by atoms with Crippen LogP contribution in [0.3, 0.4) is 0 Å². The first-order valence-electron chi connectivity index (χ1n) is 13.7. The van der Waals surface area contributed by atoms with Crippen LogP contribution in [0.15, 0.2) is 109 Å². The van der Waals surface area contributed by atoms with Crippen molar-refractivity contribution in [1.29, 1.82) is 0 Å². The highest BCUT2D eigenvalue weighted by molar-refractivity contribution is 6.28. The molecule has 6 rings (SSSR count). The van der Waals surface area contributed by atoms with Crippen LogP contribution in [0.1, 0.15) is 9.60 Å². The molecule has 0 aliphatic rings. The van der Waals surface area contributed by atoms with Crippen molar-refractivity contribution in [3.05, 3.63) is 114 Å². The lowest BCUT2D eigenvalue weighted by atomic mass is 9.96. The van der Waals surface area contributed by atoms with Crippen molar-refractivity contribution < 1.29 is 9.60 Å². The highest BCUT2D eigenvalue weighted by Gasteiger charge is 2.11. The summed E-state index contributed by atoms with van der Waals surface area (Å²) < 4.78 is 58.3. The van der Waals surface area contributed by atoms with Crippen LogP contribution in [0.2, 0.25) is 5.28 Å². The third kappa shape index (κ3) is 3.73. The van der Waals surface area contributed by atoms with E-state index in [4.69, 9.17) is 21.2 Å².